The molecule has 2 aromatic carbocycles. The van der Waals surface area contributed by atoms with Gasteiger partial charge in [-0.3, -0.25) is 0 Å². The third-order valence-corrected chi connectivity index (χ3v) is 5.38. The summed E-state index contributed by atoms with van der Waals surface area (Å²) in [6.07, 6.45) is 8.07. The second kappa shape index (κ2) is 8.84. The van der Waals surface area contributed by atoms with E-state index in [9.17, 15) is 0 Å². The van der Waals surface area contributed by atoms with Crippen LogP contribution in [0.4, 0.5) is 0 Å². The molecular formula is C20H22Cl2Zr. The number of hydrogen-bond donors (Lipinski definition) is 0. The zero-order chi connectivity index (χ0) is 16.1. The van der Waals surface area contributed by atoms with Crippen molar-refractivity contribution in [3.05, 3.63) is 70.8 Å². The predicted molar refractivity (Wildman–Crippen MR) is 95.9 cm³/mol. The van der Waals surface area contributed by atoms with Gasteiger partial charge in [-0.05, 0) is 72.6 Å². The Morgan fingerprint density at radius 3 is 1.57 bits per heavy atom. The fourth-order valence-electron chi connectivity index (χ4n) is 4.29. The molecule has 0 saturated carbocycles. The van der Waals surface area contributed by atoms with Gasteiger partial charge in [0.1, 0.15) is 0 Å². The molecule has 2 unspecified atom stereocenters. The van der Waals surface area contributed by atoms with Gasteiger partial charge in [-0.15, -0.1) is 0 Å². The van der Waals surface area contributed by atoms with Crippen molar-refractivity contribution in [3.8, 4) is 0 Å². The Morgan fingerprint density at radius 2 is 1.13 bits per heavy atom. The maximum Gasteiger partial charge on any atom is -0.0156 e. The van der Waals surface area contributed by atoms with Gasteiger partial charge in [0.25, 0.3) is 0 Å². The van der Waals surface area contributed by atoms with Crippen LogP contribution < -0.4 is 0 Å². The summed E-state index contributed by atoms with van der Waals surface area (Å²) in [4.78, 5) is 0. The molecule has 0 bridgehead atoms. The number of rotatable bonds is 3. The molecule has 2 aliphatic carbocycles. The first kappa shape index (κ1) is 17.7. The molecule has 2 aliphatic rings. The van der Waals surface area contributed by atoms with Crippen LogP contribution >= 0.6 is 17.0 Å². The quantitative estimate of drug-likeness (QED) is 0.521. The second-order valence-electron chi connectivity index (χ2n) is 6.52. The maximum atomic E-state index is 4.93. The van der Waals surface area contributed by atoms with Crippen molar-refractivity contribution >= 4 is 17.0 Å². The second-order valence-corrected chi connectivity index (χ2v) is 10.2. The Kier molecular flexibility index (Phi) is 6.81. The fraction of sp³-hybridized carbons (Fsp3) is 0.400. The van der Waals surface area contributed by atoms with Crippen molar-refractivity contribution in [1.29, 1.82) is 0 Å². The first-order chi connectivity index (χ1) is 11.3. The van der Waals surface area contributed by atoms with Crippen LogP contribution in [0.25, 0.3) is 0 Å². The van der Waals surface area contributed by atoms with E-state index in [4.69, 9.17) is 17.0 Å². The van der Waals surface area contributed by atoms with Crippen molar-refractivity contribution in [2.24, 2.45) is 0 Å². The van der Waals surface area contributed by atoms with Gasteiger partial charge in [0.2, 0.25) is 0 Å². The van der Waals surface area contributed by atoms with Gasteiger partial charge in [-0.25, -0.2) is 0 Å². The van der Waals surface area contributed by atoms with E-state index in [1.807, 2.05) is 0 Å². The summed E-state index contributed by atoms with van der Waals surface area (Å²) < 4.78 is 0. The molecule has 3 heteroatoms. The molecule has 4 rings (SSSR count). The van der Waals surface area contributed by atoms with Gasteiger partial charge in [0.05, 0.1) is 0 Å². The Bertz CT molecular complexity index is 586. The first-order valence-corrected chi connectivity index (χ1v) is 14.8. The molecule has 0 radical (unpaired) electrons. The number of aryl methyl sites for hydroxylation is 2. The molecule has 0 saturated heterocycles. The Labute approximate surface area is 158 Å². The number of hydrogen-bond acceptors (Lipinski definition) is 0. The van der Waals surface area contributed by atoms with Crippen LogP contribution in [0.5, 0.6) is 0 Å². The topological polar surface area (TPSA) is 0 Å². The van der Waals surface area contributed by atoms with E-state index in [-0.39, 0.29) is 0 Å². The minimum Gasteiger partial charge on any atom is -0.0620 e. The molecule has 0 amide bonds. The molecule has 120 valence electrons. The van der Waals surface area contributed by atoms with Gasteiger partial charge in [0.15, 0.2) is 0 Å². The van der Waals surface area contributed by atoms with Gasteiger partial charge in [-0.1, -0.05) is 48.5 Å². The normalized spacial score (nSPS) is 21.1. The van der Waals surface area contributed by atoms with Crippen molar-refractivity contribution < 1.29 is 20.8 Å². The molecule has 2 atom stereocenters. The van der Waals surface area contributed by atoms with Crippen LogP contribution in [-0.2, 0) is 33.7 Å². The average Bonchev–Trinajstić information content (AvgIpc) is 3.18. The number of benzene rings is 2. The Balaban J connectivity index is 0.000000485. The minimum absolute atomic E-state index is 0.818. The SMILES string of the molecule is [Cl][Zr][Cl].c1ccc2c(c1)CCC2CCC1CCc2ccccc21. The molecule has 2 aromatic rings. The number of fused-ring (bicyclic) bond motifs is 2. The van der Waals surface area contributed by atoms with Crippen LogP contribution in [0.15, 0.2) is 48.5 Å². The molecule has 0 aliphatic heterocycles. The fourth-order valence-corrected chi connectivity index (χ4v) is 4.29. The van der Waals surface area contributed by atoms with Crippen molar-refractivity contribution in [1.82, 2.24) is 0 Å². The van der Waals surface area contributed by atoms with E-state index in [1.165, 1.54) is 38.5 Å². The summed E-state index contributed by atoms with van der Waals surface area (Å²) in [7, 11) is 9.87. The average molecular weight is 425 g/mol. The molecule has 0 N–H and O–H groups in total. The van der Waals surface area contributed by atoms with E-state index in [0.717, 1.165) is 11.8 Å². The van der Waals surface area contributed by atoms with Crippen LogP contribution in [0.3, 0.4) is 0 Å². The summed E-state index contributed by atoms with van der Waals surface area (Å²) in [6, 6.07) is 18.2. The van der Waals surface area contributed by atoms with Crippen LogP contribution in [0, 0.1) is 0 Å². The van der Waals surface area contributed by atoms with E-state index >= 15 is 0 Å². The summed E-state index contributed by atoms with van der Waals surface area (Å²) in [5, 5.41) is 0. The van der Waals surface area contributed by atoms with Crippen molar-refractivity contribution in [2.45, 2.75) is 50.4 Å². The van der Waals surface area contributed by atoms with Crippen LogP contribution in [0.2, 0.25) is 0 Å². The summed E-state index contributed by atoms with van der Waals surface area (Å²) >= 11 is -0.826. The molecule has 0 nitrogen and oxygen atoms in total. The molecule has 0 spiro atoms. The molecule has 0 fully saturated rings. The third-order valence-electron chi connectivity index (χ3n) is 5.38. The molecular weight excluding hydrogens is 402 g/mol. The smallest absolute Gasteiger partial charge is 0.0156 e. The van der Waals surface area contributed by atoms with Gasteiger partial charge in [-0.2, -0.15) is 0 Å². The molecule has 0 heterocycles. The number of halogens is 2. The maximum absolute atomic E-state index is 4.93. The van der Waals surface area contributed by atoms with E-state index < -0.39 is 20.8 Å². The van der Waals surface area contributed by atoms with Gasteiger partial charge < -0.3 is 0 Å². The van der Waals surface area contributed by atoms with Crippen LogP contribution in [0.1, 0.15) is 59.8 Å². The van der Waals surface area contributed by atoms with Crippen LogP contribution in [-0.4, -0.2) is 0 Å². The Morgan fingerprint density at radius 1 is 0.739 bits per heavy atom. The van der Waals surface area contributed by atoms with E-state index in [1.54, 1.807) is 22.3 Å². The first-order valence-electron chi connectivity index (χ1n) is 8.45. The molecule has 0 aromatic heterocycles. The standard InChI is InChI=1S/C20H22.2ClH.Zr/c1-3-7-19-15(5-1)9-11-17(19)13-14-18-12-10-16-6-2-4-8-20(16)18;;;/h1-8,17-18H,9-14H2;2*1H;/q;;;+2/p-2. The van der Waals surface area contributed by atoms with Gasteiger partial charge >= 0.3 is 37.9 Å². The molecule has 23 heavy (non-hydrogen) atoms. The van der Waals surface area contributed by atoms with Gasteiger partial charge in [0, 0.05) is 0 Å². The van der Waals surface area contributed by atoms with Crippen molar-refractivity contribution in [2.75, 3.05) is 0 Å². The van der Waals surface area contributed by atoms with Crippen molar-refractivity contribution in [3.63, 3.8) is 0 Å². The summed E-state index contributed by atoms with van der Waals surface area (Å²) in [5.74, 6) is 1.64. The third kappa shape index (κ3) is 4.30. The van der Waals surface area contributed by atoms with E-state index in [0.29, 0.717) is 0 Å². The summed E-state index contributed by atoms with van der Waals surface area (Å²) in [5.41, 5.74) is 6.48. The minimum atomic E-state index is -0.826. The van der Waals surface area contributed by atoms with E-state index in [2.05, 4.69) is 48.5 Å². The summed E-state index contributed by atoms with van der Waals surface area (Å²) in [6.45, 7) is 0. The largest absolute Gasteiger partial charge is 0.0620 e. The Hall–Kier alpha value is -0.0969. The zero-order valence-electron chi connectivity index (χ0n) is 13.3. The zero-order valence-corrected chi connectivity index (χ0v) is 17.2. The monoisotopic (exact) mass is 422 g/mol. The predicted octanol–water partition coefficient (Wildman–Crippen LogP) is 6.60.